The monoisotopic (exact) mass is 479 g/mol. The maximum Gasteiger partial charge on any atom is 0.236 e. The van der Waals surface area contributed by atoms with E-state index in [9.17, 15) is 9.59 Å². The summed E-state index contributed by atoms with van der Waals surface area (Å²) in [5.41, 5.74) is 7.49. The smallest absolute Gasteiger partial charge is 0.236 e. The number of carbonyl (C=O) groups excluding carboxylic acids is 2. The van der Waals surface area contributed by atoms with Gasteiger partial charge in [-0.2, -0.15) is 0 Å². The molecule has 1 aromatic heterocycles. The molecular formula is C26H33N5O2S. The Kier molecular flexibility index (Phi) is 9.27. The van der Waals surface area contributed by atoms with E-state index in [1.165, 1.54) is 11.8 Å². The van der Waals surface area contributed by atoms with E-state index >= 15 is 0 Å². The molecule has 2 aromatic carbocycles. The highest BCUT2D eigenvalue weighted by Gasteiger charge is 2.25. The minimum Gasteiger partial charge on any atom is -0.370 e. The topological polar surface area (TPSA) is 94.1 Å². The Morgan fingerprint density at radius 2 is 1.50 bits per heavy atom. The second-order valence-electron chi connectivity index (χ2n) is 8.80. The summed E-state index contributed by atoms with van der Waals surface area (Å²) >= 11 is 1.41. The molecule has 0 bridgehead atoms. The van der Waals surface area contributed by atoms with E-state index in [1.807, 2.05) is 77.1 Å². The van der Waals surface area contributed by atoms with Gasteiger partial charge >= 0.3 is 0 Å². The van der Waals surface area contributed by atoms with Crippen molar-refractivity contribution in [3.8, 4) is 0 Å². The van der Waals surface area contributed by atoms with Gasteiger partial charge in [0.2, 0.25) is 11.8 Å². The van der Waals surface area contributed by atoms with Crippen molar-refractivity contribution in [2.24, 2.45) is 11.7 Å². The van der Waals surface area contributed by atoms with E-state index in [4.69, 9.17) is 5.73 Å². The zero-order valence-electron chi connectivity index (χ0n) is 20.1. The molecule has 2 amide bonds. The van der Waals surface area contributed by atoms with Crippen LogP contribution in [0.5, 0.6) is 0 Å². The summed E-state index contributed by atoms with van der Waals surface area (Å²) in [5, 5.41) is 8.98. The molecule has 1 heterocycles. The fraction of sp³-hybridized carbons (Fsp3) is 0.385. The van der Waals surface area contributed by atoms with Gasteiger partial charge < -0.3 is 15.2 Å². The van der Waals surface area contributed by atoms with Gasteiger partial charge in [0.15, 0.2) is 5.16 Å². The Morgan fingerprint density at radius 3 is 2.00 bits per heavy atom. The van der Waals surface area contributed by atoms with Gasteiger partial charge in [0.1, 0.15) is 5.82 Å². The van der Waals surface area contributed by atoms with E-state index in [2.05, 4.69) is 24.0 Å². The lowest BCUT2D eigenvalue weighted by Crippen LogP contribution is -2.35. The predicted molar refractivity (Wildman–Crippen MR) is 135 cm³/mol. The fourth-order valence-electron chi connectivity index (χ4n) is 3.66. The van der Waals surface area contributed by atoms with Crippen LogP contribution in [0.25, 0.3) is 0 Å². The first-order valence-electron chi connectivity index (χ1n) is 11.6. The number of aromatic nitrogens is 3. The highest BCUT2D eigenvalue weighted by molar-refractivity contribution is 8.00. The molecule has 1 unspecified atom stereocenters. The van der Waals surface area contributed by atoms with Crippen LogP contribution in [-0.2, 0) is 35.6 Å². The standard InChI is InChI=1S/C26H33N5O2S/c1-19(2)16-31-24(15-14-23(27)32)28-29-26(31)34-20(3)25(33)30(17-21-10-6-4-7-11-21)18-22-12-8-5-9-13-22/h4-13,19-20H,14-18H2,1-3H3,(H2,27,32). The van der Waals surface area contributed by atoms with Gasteiger partial charge in [0.05, 0.1) is 5.25 Å². The fourth-order valence-corrected chi connectivity index (χ4v) is 4.62. The number of aryl methyl sites for hydroxylation is 1. The van der Waals surface area contributed by atoms with Gasteiger partial charge in [-0.15, -0.1) is 10.2 Å². The van der Waals surface area contributed by atoms with Gasteiger partial charge in [-0.3, -0.25) is 9.59 Å². The van der Waals surface area contributed by atoms with Crippen LogP contribution in [-0.4, -0.2) is 36.7 Å². The normalized spacial score (nSPS) is 12.0. The van der Waals surface area contributed by atoms with Gasteiger partial charge in [0.25, 0.3) is 0 Å². The minimum absolute atomic E-state index is 0.0375. The summed E-state index contributed by atoms with van der Waals surface area (Å²) in [4.78, 5) is 26.8. The average Bonchev–Trinajstić information content (AvgIpc) is 3.18. The molecule has 0 radical (unpaired) electrons. The van der Waals surface area contributed by atoms with E-state index in [-0.39, 0.29) is 23.5 Å². The lowest BCUT2D eigenvalue weighted by Gasteiger charge is -2.26. The maximum absolute atomic E-state index is 13.6. The number of nitrogens with two attached hydrogens (primary N) is 1. The molecule has 0 saturated carbocycles. The molecule has 0 aliphatic carbocycles. The van der Waals surface area contributed by atoms with E-state index < -0.39 is 0 Å². The van der Waals surface area contributed by atoms with E-state index in [0.29, 0.717) is 37.1 Å². The maximum atomic E-state index is 13.6. The number of carbonyl (C=O) groups is 2. The highest BCUT2D eigenvalue weighted by Crippen LogP contribution is 2.26. The Labute approximate surface area is 205 Å². The van der Waals surface area contributed by atoms with Crippen molar-refractivity contribution < 1.29 is 9.59 Å². The summed E-state index contributed by atoms with van der Waals surface area (Å²) in [6.45, 7) is 7.91. The van der Waals surface area contributed by atoms with Crippen molar-refractivity contribution in [1.82, 2.24) is 19.7 Å². The first kappa shape index (κ1) is 25.5. The molecule has 180 valence electrons. The predicted octanol–water partition coefficient (Wildman–Crippen LogP) is 4.06. The molecule has 34 heavy (non-hydrogen) atoms. The van der Waals surface area contributed by atoms with Crippen molar-refractivity contribution in [1.29, 1.82) is 0 Å². The molecule has 0 fully saturated rings. The third-order valence-electron chi connectivity index (χ3n) is 5.31. The number of hydrogen-bond acceptors (Lipinski definition) is 5. The number of hydrogen-bond donors (Lipinski definition) is 1. The van der Waals surface area contributed by atoms with Gasteiger partial charge in [-0.05, 0) is 24.0 Å². The van der Waals surface area contributed by atoms with Crippen LogP contribution >= 0.6 is 11.8 Å². The summed E-state index contributed by atoms with van der Waals surface area (Å²) in [6, 6.07) is 20.0. The highest BCUT2D eigenvalue weighted by atomic mass is 32.2. The SMILES string of the molecule is CC(C)Cn1c(CCC(N)=O)nnc1SC(C)C(=O)N(Cc1ccccc1)Cc1ccccc1. The number of thioether (sulfide) groups is 1. The van der Waals surface area contributed by atoms with Crippen LogP contribution in [0.4, 0.5) is 0 Å². The average molecular weight is 480 g/mol. The molecule has 8 heteroatoms. The Balaban J connectivity index is 1.79. The Morgan fingerprint density at radius 1 is 0.941 bits per heavy atom. The van der Waals surface area contributed by atoms with Gasteiger partial charge in [0, 0.05) is 32.5 Å². The van der Waals surface area contributed by atoms with Crippen LogP contribution in [0.3, 0.4) is 0 Å². The second kappa shape index (κ2) is 12.4. The van der Waals surface area contributed by atoms with Gasteiger partial charge in [-0.25, -0.2) is 0 Å². The molecule has 7 nitrogen and oxygen atoms in total. The van der Waals surface area contributed by atoms with Crippen LogP contribution in [0, 0.1) is 5.92 Å². The summed E-state index contributed by atoms with van der Waals surface area (Å²) in [7, 11) is 0. The van der Waals surface area contributed by atoms with E-state index in [0.717, 1.165) is 17.0 Å². The molecule has 0 aliphatic heterocycles. The molecule has 0 spiro atoms. The van der Waals surface area contributed by atoms with E-state index in [1.54, 1.807) is 0 Å². The summed E-state index contributed by atoms with van der Waals surface area (Å²) in [5.74, 6) is 0.756. The molecular weight excluding hydrogens is 446 g/mol. The molecule has 2 N–H and O–H groups in total. The zero-order chi connectivity index (χ0) is 24.5. The number of benzene rings is 2. The zero-order valence-corrected chi connectivity index (χ0v) is 20.9. The Bertz CT molecular complexity index is 1030. The quantitative estimate of drug-likeness (QED) is 0.395. The van der Waals surface area contributed by atoms with Crippen molar-refractivity contribution in [3.63, 3.8) is 0 Å². The van der Waals surface area contributed by atoms with Crippen LogP contribution in [0.2, 0.25) is 0 Å². The Hall–Kier alpha value is -3.13. The summed E-state index contributed by atoms with van der Waals surface area (Å²) < 4.78 is 2.01. The molecule has 0 saturated heterocycles. The van der Waals surface area contributed by atoms with Gasteiger partial charge in [-0.1, -0.05) is 86.3 Å². The van der Waals surface area contributed by atoms with Crippen molar-refractivity contribution >= 4 is 23.6 Å². The van der Waals surface area contributed by atoms with Crippen LogP contribution in [0.15, 0.2) is 65.8 Å². The van der Waals surface area contributed by atoms with Crippen LogP contribution in [0.1, 0.15) is 44.1 Å². The number of rotatable bonds is 12. The minimum atomic E-state index is -0.366. The lowest BCUT2D eigenvalue weighted by atomic mass is 10.1. The third-order valence-corrected chi connectivity index (χ3v) is 6.38. The first-order valence-corrected chi connectivity index (χ1v) is 12.4. The third kappa shape index (κ3) is 7.45. The van der Waals surface area contributed by atoms with Crippen LogP contribution < -0.4 is 5.73 Å². The molecule has 1 atom stereocenters. The number of nitrogens with zero attached hydrogens (tertiary/aromatic N) is 4. The molecule has 3 aromatic rings. The number of amides is 2. The molecule has 0 aliphatic rings. The second-order valence-corrected chi connectivity index (χ2v) is 10.1. The van der Waals surface area contributed by atoms with Crippen molar-refractivity contribution in [2.75, 3.05) is 0 Å². The van der Waals surface area contributed by atoms with Crippen molar-refractivity contribution in [2.45, 2.75) is 63.7 Å². The lowest BCUT2D eigenvalue weighted by molar-refractivity contribution is -0.131. The first-order chi connectivity index (χ1) is 16.3. The summed E-state index contributed by atoms with van der Waals surface area (Å²) in [6.07, 6.45) is 0.656. The largest absolute Gasteiger partial charge is 0.370 e. The number of primary amides is 1. The molecule has 3 rings (SSSR count). The van der Waals surface area contributed by atoms with Crippen molar-refractivity contribution in [3.05, 3.63) is 77.6 Å².